The first-order chi connectivity index (χ1) is 15.7. The van der Waals surface area contributed by atoms with E-state index >= 15 is 0 Å². The molecule has 0 aliphatic carbocycles. The number of para-hydroxylation sites is 1. The topological polar surface area (TPSA) is 104 Å². The number of anilines is 2. The Labute approximate surface area is 191 Å². The van der Waals surface area contributed by atoms with Crippen molar-refractivity contribution < 1.29 is 22.8 Å². The van der Waals surface area contributed by atoms with Crippen molar-refractivity contribution >= 4 is 39.1 Å². The second-order valence-electron chi connectivity index (χ2n) is 7.41. The molecule has 8 nitrogen and oxygen atoms in total. The summed E-state index contributed by atoms with van der Waals surface area (Å²) in [7, 11) is -2.40. The van der Waals surface area contributed by atoms with Crippen LogP contribution in [0.3, 0.4) is 0 Å². The highest BCUT2D eigenvalue weighted by Gasteiger charge is 2.32. The first kappa shape index (κ1) is 22.2. The fourth-order valence-corrected chi connectivity index (χ4v) is 5.11. The third-order valence-corrected chi connectivity index (χ3v) is 7.30. The van der Waals surface area contributed by atoms with E-state index in [2.05, 4.69) is 5.32 Å². The van der Waals surface area contributed by atoms with E-state index in [0.29, 0.717) is 11.4 Å². The summed E-state index contributed by atoms with van der Waals surface area (Å²) in [6.07, 6.45) is 0. The number of nitrogens with one attached hydrogen (secondary N) is 1. The Morgan fingerprint density at radius 3 is 2.18 bits per heavy atom. The molecule has 0 saturated heterocycles. The molecular weight excluding hydrogens is 442 g/mol. The highest BCUT2D eigenvalue weighted by atomic mass is 32.2. The lowest BCUT2D eigenvalue weighted by Crippen LogP contribution is -2.30. The van der Waals surface area contributed by atoms with Gasteiger partial charge in [-0.1, -0.05) is 18.2 Å². The first-order valence-corrected chi connectivity index (χ1v) is 11.6. The molecule has 3 aromatic carbocycles. The third kappa shape index (κ3) is 3.98. The zero-order valence-electron chi connectivity index (χ0n) is 18.0. The highest BCUT2D eigenvalue weighted by molar-refractivity contribution is 7.92. The summed E-state index contributed by atoms with van der Waals surface area (Å²) in [4.78, 5) is 37.9. The van der Waals surface area contributed by atoms with Crippen LogP contribution in [-0.2, 0) is 10.0 Å². The summed E-state index contributed by atoms with van der Waals surface area (Å²) in [5.41, 5.74) is 1.67. The zero-order chi connectivity index (χ0) is 23.8. The molecule has 4 rings (SSSR count). The Hall–Kier alpha value is -3.98. The van der Waals surface area contributed by atoms with Crippen LogP contribution in [0.2, 0.25) is 0 Å². The van der Waals surface area contributed by atoms with Gasteiger partial charge >= 0.3 is 0 Å². The molecule has 9 heteroatoms. The Morgan fingerprint density at radius 2 is 1.55 bits per heavy atom. The van der Waals surface area contributed by atoms with Crippen molar-refractivity contribution in [2.24, 2.45) is 0 Å². The van der Waals surface area contributed by atoms with Crippen LogP contribution in [-0.4, -0.2) is 44.6 Å². The molecule has 1 N–H and O–H groups in total. The number of carbonyl (C=O) groups excluding carboxylic acids is 3. The highest BCUT2D eigenvalue weighted by Crippen LogP contribution is 2.26. The summed E-state index contributed by atoms with van der Waals surface area (Å²) in [5.74, 6) is -1.29. The minimum atomic E-state index is -3.80. The van der Waals surface area contributed by atoms with Crippen LogP contribution in [0.4, 0.5) is 11.4 Å². The standard InChI is InChI=1S/C24H21N3O5S/c1-3-27(18-7-5-4-6-8-18)33(31,32)19-12-9-16(10-13-19)22(28)25-17-11-14-20-21(15-17)24(30)26(2)23(20)29/h4-15H,3H2,1-2H3,(H,25,28). The summed E-state index contributed by atoms with van der Waals surface area (Å²) < 4.78 is 27.5. The van der Waals surface area contributed by atoms with Gasteiger partial charge in [0, 0.05) is 24.8 Å². The fourth-order valence-electron chi connectivity index (χ4n) is 3.63. The lowest BCUT2D eigenvalue weighted by molar-refractivity contribution is 0.0692. The van der Waals surface area contributed by atoms with Gasteiger partial charge in [-0.05, 0) is 61.5 Å². The number of amides is 3. The monoisotopic (exact) mass is 463 g/mol. The minimum absolute atomic E-state index is 0.0643. The number of rotatable bonds is 6. The zero-order valence-corrected chi connectivity index (χ0v) is 18.8. The summed E-state index contributed by atoms with van der Waals surface area (Å²) in [6.45, 7) is 2.00. The van der Waals surface area contributed by atoms with Crippen molar-refractivity contribution in [1.29, 1.82) is 0 Å². The van der Waals surface area contributed by atoms with Crippen molar-refractivity contribution in [3.63, 3.8) is 0 Å². The maximum absolute atomic E-state index is 13.1. The van der Waals surface area contributed by atoms with Crippen LogP contribution < -0.4 is 9.62 Å². The number of nitrogens with zero attached hydrogens (tertiary/aromatic N) is 2. The van der Waals surface area contributed by atoms with Gasteiger partial charge in [-0.2, -0.15) is 0 Å². The van der Waals surface area contributed by atoms with Crippen LogP contribution >= 0.6 is 0 Å². The SMILES string of the molecule is CCN(c1ccccc1)S(=O)(=O)c1ccc(C(=O)Nc2ccc3c(c2)C(=O)N(C)C3=O)cc1. The second-order valence-corrected chi connectivity index (χ2v) is 9.28. The molecular formula is C24H21N3O5S. The molecule has 3 aromatic rings. The van der Waals surface area contributed by atoms with E-state index in [1.165, 1.54) is 47.8 Å². The molecule has 1 aliphatic rings. The van der Waals surface area contributed by atoms with Gasteiger partial charge in [-0.3, -0.25) is 23.6 Å². The Morgan fingerprint density at radius 1 is 0.909 bits per heavy atom. The molecule has 168 valence electrons. The van der Waals surface area contributed by atoms with Crippen LogP contribution in [0.5, 0.6) is 0 Å². The summed E-state index contributed by atoms with van der Waals surface area (Å²) in [5, 5.41) is 2.68. The van der Waals surface area contributed by atoms with E-state index in [4.69, 9.17) is 0 Å². The van der Waals surface area contributed by atoms with Gasteiger partial charge < -0.3 is 5.32 Å². The van der Waals surface area contributed by atoms with Crippen LogP contribution in [0.25, 0.3) is 0 Å². The van der Waals surface area contributed by atoms with Crippen LogP contribution in [0.1, 0.15) is 38.0 Å². The molecule has 0 saturated carbocycles. The number of fused-ring (bicyclic) bond motifs is 1. The first-order valence-electron chi connectivity index (χ1n) is 10.2. The van der Waals surface area contributed by atoms with Gasteiger partial charge in [0.15, 0.2) is 0 Å². The largest absolute Gasteiger partial charge is 0.322 e. The predicted molar refractivity (Wildman–Crippen MR) is 124 cm³/mol. The number of benzene rings is 3. The summed E-state index contributed by atoms with van der Waals surface area (Å²) >= 11 is 0. The van der Waals surface area contributed by atoms with Gasteiger partial charge in [0.25, 0.3) is 27.7 Å². The molecule has 0 bridgehead atoms. The molecule has 0 atom stereocenters. The average Bonchev–Trinajstić information content (AvgIpc) is 3.03. The van der Waals surface area contributed by atoms with E-state index in [9.17, 15) is 22.8 Å². The number of hydrogen-bond donors (Lipinski definition) is 1. The van der Waals surface area contributed by atoms with Gasteiger partial charge in [0.05, 0.1) is 21.7 Å². The molecule has 0 fully saturated rings. The molecule has 0 unspecified atom stereocenters. The Balaban J connectivity index is 1.54. The Bertz CT molecular complexity index is 1350. The van der Waals surface area contributed by atoms with E-state index < -0.39 is 21.8 Å². The number of carbonyl (C=O) groups is 3. The van der Waals surface area contributed by atoms with Crippen molar-refractivity contribution in [1.82, 2.24) is 4.90 Å². The van der Waals surface area contributed by atoms with Gasteiger partial charge in [-0.25, -0.2) is 8.42 Å². The van der Waals surface area contributed by atoms with E-state index in [1.54, 1.807) is 37.3 Å². The number of imide groups is 1. The van der Waals surface area contributed by atoms with Crippen LogP contribution in [0.15, 0.2) is 77.7 Å². The maximum atomic E-state index is 13.1. The Kier molecular flexibility index (Phi) is 5.73. The molecule has 0 spiro atoms. The van der Waals surface area contributed by atoms with Crippen molar-refractivity contribution in [2.75, 3.05) is 23.2 Å². The average molecular weight is 464 g/mol. The quantitative estimate of drug-likeness (QED) is 0.565. The molecule has 1 heterocycles. The smallest absolute Gasteiger partial charge is 0.264 e. The second kappa shape index (κ2) is 8.51. The number of sulfonamides is 1. The summed E-state index contributed by atoms with van der Waals surface area (Å²) in [6, 6.07) is 18.9. The molecule has 1 aliphatic heterocycles. The van der Waals surface area contributed by atoms with E-state index in [-0.39, 0.29) is 34.0 Å². The van der Waals surface area contributed by atoms with Gasteiger partial charge in [0.1, 0.15) is 0 Å². The molecule has 0 radical (unpaired) electrons. The number of hydrogen-bond acceptors (Lipinski definition) is 5. The van der Waals surface area contributed by atoms with Crippen LogP contribution in [0, 0.1) is 0 Å². The van der Waals surface area contributed by atoms with Crippen molar-refractivity contribution in [2.45, 2.75) is 11.8 Å². The molecule has 3 amide bonds. The van der Waals surface area contributed by atoms with E-state index in [1.807, 2.05) is 6.07 Å². The fraction of sp³-hybridized carbons (Fsp3) is 0.125. The van der Waals surface area contributed by atoms with Gasteiger partial charge in [0.2, 0.25) is 0 Å². The lowest BCUT2D eigenvalue weighted by Gasteiger charge is -2.23. The normalized spacial score (nSPS) is 13.1. The molecule has 33 heavy (non-hydrogen) atoms. The van der Waals surface area contributed by atoms with Crippen molar-refractivity contribution in [3.05, 3.63) is 89.5 Å². The lowest BCUT2D eigenvalue weighted by atomic mass is 10.1. The third-order valence-electron chi connectivity index (χ3n) is 5.38. The predicted octanol–water partition coefficient (Wildman–Crippen LogP) is 3.38. The minimum Gasteiger partial charge on any atom is -0.322 e. The van der Waals surface area contributed by atoms with Gasteiger partial charge in [-0.15, -0.1) is 0 Å². The van der Waals surface area contributed by atoms with Crippen molar-refractivity contribution in [3.8, 4) is 0 Å². The van der Waals surface area contributed by atoms with E-state index in [0.717, 1.165) is 4.90 Å². The maximum Gasteiger partial charge on any atom is 0.264 e. The molecule has 0 aromatic heterocycles.